The van der Waals surface area contributed by atoms with E-state index in [9.17, 15) is 28.8 Å². The molecule has 14 nitrogen and oxygen atoms in total. The Balaban J connectivity index is 3.42. The number of carbonyl (C=O) groups is 6. The van der Waals surface area contributed by atoms with Gasteiger partial charge in [-0.05, 0) is 0 Å². The van der Waals surface area contributed by atoms with Crippen molar-refractivity contribution in [2.45, 2.75) is 71.4 Å². The molecule has 6 atom stereocenters. The van der Waals surface area contributed by atoms with Crippen molar-refractivity contribution in [3.05, 3.63) is 0 Å². The fraction of sp³-hybridized carbons (Fsp3) is 0.700. The van der Waals surface area contributed by atoms with Gasteiger partial charge in [-0.1, -0.05) is 0 Å². The Morgan fingerprint density at radius 3 is 1.68 bits per heavy atom. The largest absolute Gasteiger partial charge is 0.467 e. The van der Waals surface area contributed by atoms with Crippen LogP contribution in [0.4, 0.5) is 0 Å². The van der Waals surface area contributed by atoms with Crippen LogP contribution in [0.5, 0.6) is 0 Å². The molecule has 6 unspecified atom stereocenters. The molecule has 0 aromatic carbocycles. The molecule has 0 aromatic heterocycles. The Morgan fingerprint density at radius 1 is 0.706 bits per heavy atom. The minimum absolute atomic E-state index is 0.482. The summed E-state index contributed by atoms with van der Waals surface area (Å²) in [6, 6.07) is 0. The number of methoxy groups -OCH3 is 1. The number of ether oxygens (including phenoxy) is 8. The highest BCUT2D eigenvalue weighted by Gasteiger charge is 2.53. The van der Waals surface area contributed by atoms with Gasteiger partial charge >= 0.3 is 35.8 Å². The zero-order valence-corrected chi connectivity index (χ0v) is 19.6. The fourth-order valence-electron chi connectivity index (χ4n) is 2.95. The normalized spacial score (nSPS) is 24.7. The van der Waals surface area contributed by atoms with E-state index in [-0.39, 0.29) is 0 Å². The van der Waals surface area contributed by atoms with Crippen molar-refractivity contribution in [2.75, 3.05) is 20.3 Å². The van der Waals surface area contributed by atoms with Crippen molar-refractivity contribution in [1.29, 1.82) is 0 Å². The second-order valence-corrected chi connectivity index (χ2v) is 7.02. The monoisotopic (exact) mass is 492 g/mol. The highest BCUT2D eigenvalue weighted by Crippen LogP contribution is 2.30. The maximum absolute atomic E-state index is 12.2. The lowest BCUT2D eigenvalue weighted by Crippen LogP contribution is -2.63. The van der Waals surface area contributed by atoms with Crippen LogP contribution in [0.3, 0.4) is 0 Å². The summed E-state index contributed by atoms with van der Waals surface area (Å²) >= 11 is 0. The first-order valence-electron chi connectivity index (χ1n) is 10.0. The minimum atomic E-state index is -1.64. The van der Waals surface area contributed by atoms with Crippen LogP contribution >= 0.6 is 0 Å². The van der Waals surface area contributed by atoms with E-state index in [4.69, 9.17) is 33.2 Å². The van der Waals surface area contributed by atoms with Gasteiger partial charge in [-0.15, -0.1) is 0 Å². The molecule has 0 radical (unpaired) electrons. The number of rotatable bonds is 10. The van der Waals surface area contributed by atoms with E-state index in [2.05, 4.69) is 4.74 Å². The fourth-order valence-corrected chi connectivity index (χ4v) is 2.95. The molecule has 0 bridgehead atoms. The summed E-state index contributed by atoms with van der Waals surface area (Å²) in [4.78, 5) is 70.0. The molecule has 0 saturated carbocycles. The Morgan fingerprint density at radius 2 is 1.21 bits per heavy atom. The van der Waals surface area contributed by atoms with Crippen LogP contribution in [-0.4, -0.2) is 92.9 Å². The minimum Gasteiger partial charge on any atom is -0.467 e. The predicted molar refractivity (Wildman–Crippen MR) is 105 cm³/mol. The molecule has 1 saturated heterocycles. The second kappa shape index (κ2) is 13.4. The number of hydrogen-bond acceptors (Lipinski definition) is 14. The molecule has 192 valence electrons. The second-order valence-electron chi connectivity index (χ2n) is 7.02. The standard InChI is InChI=1S/C20H28O14/c1-9(21)28-7-14-16(30-11(3)23)17(31-12(4)24)18(32-13(5)25)20(33-14)34-15(19(26)27-6)8-29-10(2)22/h14-18,20H,7-8H2,1-6H3. The van der Waals surface area contributed by atoms with Gasteiger partial charge in [0.05, 0.1) is 7.11 Å². The van der Waals surface area contributed by atoms with Gasteiger partial charge in [0.15, 0.2) is 30.7 Å². The third-order valence-corrected chi connectivity index (χ3v) is 4.15. The van der Waals surface area contributed by atoms with Crippen LogP contribution in [0.2, 0.25) is 0 Å². The van der Waals surface area contributed by atoms with Crippen molar-refractivity contribution in [2.24, 2.45) is 0 Å². The summed E-state index contributed by atoms with van der Waals surface area (Å²) < 4.78 is 41.4. The Hall–Kier alpha value is -3.26. The summed E-state index contributed by atoms with van der Waals surface area (Å²) in [6.45, 7) is 4.32. The quantitative estimate of drug-likeness (QED) is 0.273. The lowest BCUT2D eigenvalue weighted by atomic mass is 9.98. The van der Waals surface area contributed by atoms with Crippen molar-refractivity contribution in [1.82, 2.24) is 0 Å². The SMILES string of the molecule is COC(=O)C(COC(C)=O)OC1OC(COC(C)=O)C(OC(C)=O)C(OC(C)=O)C1OC(C)=O. The Kier molecular flexibility index (Phi) is 11.4. The van der Waals surface area contributed by atoms with Gasteiger partial charge in [-0.3, -0.25) is 24.0 Å². The zero-order chi connectivity index (χ0) is 26.0. The maximum Gasteiger partial charge on any atom is 0.338 e. The van der Waals surface area contributed by atoms with E-state index in [1.807, 2.05) is 0 Å². The van der Waals surface area contributed by atoms with Crippen molar-refractivity contribution < 1.29 is 66.7 Å². The van der Waals surface area contributed by atoms with Gasteiger partial charge < -0.3 is 37.9 Å². The smallest absolute Gasteiger partial charge is 0.338 e. The van der Waals surface area contributed by atoms with Crippen LogP contribution < -0.4 is 0 Å². The van der Waals surface area contributed by atoms with Gasteiger partial charge in [-0.2, -0.15) is 0 Å². The first kappa shape index (κ1) is 28.8. The van der Waals surface area contributed by atoms with Crippen molar-refractivity contribution in [3.8, 4) is 0 Å². The van der Waals surface area contributed by atoms with Gasteiger partial charge in [0.1, 0.15) is 19.3 Å². The lowest BCUT2D eigenvalue weighted by Gasteiger charge is -2.44. The molecule has 1 rings (SSSR count). The van der Waals surface area contributed by atoms with Gasteiger partial charge in [0.2, 0.25) is 0 Å². The van der Waals surface area contributed by atoms with Crippen molar-refractivity contribution >= 4 is 35.8 Å². The zero-order valence-electron chi connectivity index (χ0n) is 19.6. The summed E-state index contributed by atoms with van der Waals surface area (Å²) in [7, 11) is 1.06. The van der Waals surface area contributed by atoms with Crippen LogP contribution in [-0.2, 0) is 66.7 Å². The summed E-state index contributed by atoms with van der Waals surface area (Å²) in [5, 5.41) is 0. The Bertz CT molecular complexity index is 777. The first-order valence-corrected chi connectivity index (χ1v) is 10.0. The summed E-state index contributed by atoms with van der Waals surface area (Å²) in [5.74, 6) is -4.88. The van der Waals surface area contributed by atoms with E-state index in [1.54, 1.807) is 0 Å². The van der Waals surface area contributed by atoms with E-state index in [0.717, 1.165) is 41.7 Å². The molecule has 1 aliphatic heterocycles. The maximum atomic E-state index is 12.2. The molecule has 0 N–H and O–H groups in total. The third kappa shape index (κ3) is 9.31. The highest BCUT2D eigenvalue weighted by molar-refractivity contribution is 5.75. The molecular formula is C20H28O14. The number of carbonyl (C=O) groups excluding carboxylic acids is 6. The number of hydrogen-bond donors (Lipinski definition) is 0. The average molecular weight is 492 g/mol. The third-order valence-electron chi connectivity index (χ3n) is 4.15. The van der Waals surface area contributed by atoms with E-state index < -0.39 is 85.8 Å². The van der Waals surface area contributed by atoms with Crippen LogP contribution in [0.1, 0.15) is 34.6 Å². The molecule has 0 aromatic rings. The molecule has 0 aliphatic carbocycles. The van der Waals surface area contributed by atoms with E-state index >= 15 is 0 Å². The van der Waals surface area contributed by atoms with Gasteiger partial charge in [0, 0.05) is 34.6 Å². The topological polar surface area (TPSA) is 176 Å². The van der Waals surface area contributed by atoms with Crippen LogP contribution in [0.15, 0.2) is 0 Å². The number of esters is 6. The molecule has 34 heavy (non-hydrogen) atoms. The van der Waals surface area contributed by atoms with E-state index in [1.165, 1.54) is 0 Å². The molecular weight excluding hydrogens is 464 g/mol. The molecule has 1 fully saturated rings. The first-order chi connectivity index (χ1) is 15.8. The van der Waals surface area contributed by atoms with Gasteiger partial charge in [0.25, 0.3) is 0 Å². The van der Waals surface area contributed by atoms with Crippen molar-refractivity contribution in [3.63, 3.8) is 0 Å². The van der Waals surface area contributed by atoms with E-state index in [0.29, 0.717) is 0 Å². The predicted octanol–water partition coefficient (Wildman–Crippen LogP) is -0.809. The molecule has 1 aliphatic rings. The molecule has 1 heterocycles. The molecule has 0 spiro atoms. The highest BCUT2D eigenvalue weighted by atomic mass is 16.7. The lowest BCUT2D eigenvalue weighted by molar-refractivity contribution is -0.317. The summed E-state index contributed by atoms with van der Waals surface area (Å²) in [5.41, 5.74) is 0. The molecule has 14 heteroatoms. The van der Waals surface area contributed by atoms with Crippen LogP contribution in [0, 0.1) is 0 Å². The molecule has 0 amide bonds. The van der Waals surface area contributed by atoms with Crippen LogP contribution in [0.25, 0.3) is 0 Å². The average Bonchev–Trinajstić information content (AvgIpc) is 2.71. The Labute approximate surface area is 195 Å². The summed E-state index contributed by atoms with van der Waals surface area (Å²) in [6.07, 6.45) is -8.90. The van der Waals surface area contributed by atoms with Gasteiger partial charge in [-0.25, -0.2) is 4.79 Å².